The smallest absolute Gasteiger partial charge is 0.0348 e. The van der Waals surface area contributed by atoms with Gasteiger partial charge in [-0.15, -0.1) is 0 Å². The molecule has 1 saturated carbocycles. The van der Waals surface area contributed by atoms with Crippen molar-refractivity contribution in [2.75, 3.05) is 6.54 Å². The van der Waals surface area contributed by atoms with Crippen molar-refractivity contribution in [3.05, 3.63) is 35.9 Å². The van der Waals surface area contributed by atoms with E-state index in [1.807, 2.05) is 0 Å². The lowest BCUT2D eigenvalue weighted by molar-refractivity contribution is 0.248. The van der Waals surface area contributed by atoms with E-state index in [1.54, 1.807) is 0 Å². The summed E-state index contributed by atoms with van der Waals surface area (Å²) in [6.07, 6.45) is 8.20. The highest BCUT2D eigenvalue weighted by molar-refractivity contribution is 5.19. The lowest BCUT2D eigenvalue weighted by Gasteiger charge is -2.32. The molecule has 0 radical (unpaired) electrons. The minimum Gasteiger partial charge on any atom is -0.309 e. The van der Waals surface area contributed by atoms with Crippen LogP contribution in [0.25, 0.3) is 0 Å². The van der Waals surface area contributed by atoms with E-state index in [0.29, 0.717) is 6.04 Å². The zero-order chi connectivity index (χ0) is 15.1. The third-order valence-electron chi connectivity index (χ3n) is 5.35. The Morgan fingerprint density at radius 1 is 1.10 bits per heavy atom. The molecule has 0 heterocycles. The highest BCUT2D eigenvalue weighted by atomic mass is 14.9. The molecule has 118 valence electrons. The van der Waals surface area contributed by atoms with Crippen LogP contribution in [0.4, 0.5) is 0 Å². The van der Waals surface area contributed by atoms with E-state index in [0.717, 1.165) is 17.8 Å². The van der Waals surface area contributed by atoms with Gasteiger partial charge < -0.3 is 5.32 Å². The van der Waals surface area contributed by atoms with Crippen molar-refractivity contribution in [3.8, 4) is 0 Å². The minimum atomic E-state index is 0.526. The van der Waals surface area contributed by atoms with Gasteiger partial charge in [0.05, 0.1) is 0 Å². The van der Waals surface area contributed by atoms with E-state index in [-0.39, 0.29) is 0 Å². The van der Waals surface area contributed by atoms with Crippen molar-refractivity contribution in [1.29, 1.82) is 0 Å². The molecule has 1 aromatic rings. The van der Waals surface area contributed by atoms with Crippen LogP contribution in [0, 0.1) is 17.8 Å². The molecule has 3 atom stereocenters. The van der Waals surface area contributed by atoms with Crippen molar-refractivity contribution in [3.63, 3.8) is 0 Å². The van der Waals surface area contributed by atoms with Crippen LogP contribution in [-0.4, -0.2) is 6.54 Å². The van der Waals surface area contributed by atoms with E-state index in [1.165, 1.54) is 50.6 Å². The molecule has 1 aliphatic rings. The SMILES string of the molecule is CCC(CC)C(NCC1CCCC(C)C1)c1ccccc1. The summed E-state index contributed by atoms with van der Waals surface area (Å²) in [5.41, 5.74) is 1.47. The summed E-state index contributed by atoms with van der Waals surface area (Å²) in [7, 11) is 0. The molecule has 0 spiro atoms. The van der Waals surface area contributed by atoms with Crippen LogP contribution in [0.1, 0.15) is 70.9 Å². The average molecular weight is 287 g/mol. The number of rotatable bonds is 7. The monoisotopic (exact) mass is 287 g/mol. The van der Waals surface area contributed by atoms with Crippen LogP contribution in [0.5, 0.6) is 0 Å². The molecule has 0 aromatic heterocycles. The molecule has 2 rings (SSSR count). The fraction of sp³-hybridized carbons (Fsp3) is 0.700. The summed E-state index contributed by atoms with van der Waals surface area (Å²) >= 11 is 0. The number of hydrogen-bond acceptors (Lipinski definition) is 1. The Bertz CT molecular complexity index is 382. The summed E-state index contributed by atoms with van der Waals surface area (Å²) < 4.78 is 0. The molecule has 1 heteroatoms. The number of hydrogen-bond donors (Lipinski definition) is 1. The highest BCUT2D eigenvalue weighted by Gasteiger charge is 2.23. The van der Waals surface area contributed by atoms with Gasteiger partial charge in [0.2, 0.25) is 0 Å². The van der Waals surface area contributed by atoms with Crippen molar-refractivity contribution in [2.24, 2.45) is 17.8 Å². The van der Waals surface area contributed by atoms with Gasteiger partial charge in [0.15, 0.2) is 0 Å². The second-order valence-corrected chi connectivity index (χ2v) is 7.01. The van der Waals surface area contributed by atoms with Gasteiger partial charge in [-0.2, -0.15) is 0 Å². The second kappa shape index (κ2) is 8.58. The van der Waals surface area contributed by atoms with Crippen LogP contribution in [0.15, 0.2) is 30.3 Å². The van der Waals surface area contributed by atoms with Gasteiger partial charge in [0.25, 0.3) is 0 Å². The maximum Gasteiger partial charge on any atom is 0.0348 e. The summed E-state index contributed by atoms with van der Waals surface area (Å²) in [6.45, 7) is 8.27. The normalized spacial score (nSPS) is 24.2. The summed E-state index contributed by atoms with van der Waals surface area (Å²) in [5.74, 6) is 2.55. The van der Waals surface area contributed by atoms with E-state index in [9.17, 15) is 0 Å². The molecule has 0 amide bonds. The van der Waals surface area contributed by atoms with Gasteiger partial charge in [-0.3, -0.25) is 0 Å². The Balaban J connectivity index is 1.99. The lowest BCUT2D eigenvalue weighted by Crippen LogP contribution is -2.33. The molecule has 3 unspecified atom stereocenters. The Hall–Kier alpha value is -0.820. The lowest BCUT2D eigenvalue weighted by atomic mass is 9.81. The highest BCUT2D eigenvalue weighted by Crippen LogP contribution is 2.31. The fourth-order valence-electron chi connectivity index (χ4n) is 4.02. The van der Waals surface area contributed by atoms with Gasteiger partial charge in [0.1, 0.15) is 0 Å². The largest absolute Gasteiger partial charge is 0.309 e. The Kier molecular flexibility index (Phi) is 6.76. The fourth-order valence-corrected chi connectivity index (χ4v) is 4.02. The predicted molar refractivity (Wildman–Crippen MR) is 92.4 cm³/mol. The van der Waals surface area contributed by atoms with Gasteiger partial charge in [-0.25, -0.2) is 0 Å². The van der Waals surface area contributed by atoms with Crippen molar-refractivity contribution < 1.29 is 0 Å². The molecule has 21 heavy (non-hydrogen) atoms. The minimum absolute atomic E-state index is 0.526. The Morgan fingerprint density at radius 3 is 2.43 bits per heavy atom. The molecule has 1 nitrogen and oxygen atoms in total. The number of nitrogens with one attached hydrogen (secondary N) is 1. The van der Waals surface area contributed by atoms with Crippen molar-refractivity contribution in [2.45, 2.75) is 65.3 Å². The van der Waals surface area contributed by atoms with Crippen LogP contribution in [0.3, 0.4) is 0 Å². The average Bonchev–Trinajstić information content (AvgIpc) is 2.52. The first-order valence-electron chi connectivity index (χ1n) is 9.02. The maximum absolute atomic E-state index is 3.93. The van der Waals surface area contributed by atoms with Crippen molar-refractivity contribution in [1.82, 2.24) is 5.32 Å². The molecule has 1 aromatic carbocycles. The van der Waals surface area contributed by atoms with E-state index in [2.05, 4.69) is 56.4 Å². The van der Waals surface area contributed by atoms with Crippen LogP contribution < -0.4 is 5.32 Å². The molecule has 1 fully saturated rings. The van der Waals surface area contributed by atoms with Crippen LogP contribution in [0.2, 0.25) is 0 Å². The van der Waals surface area contributed by atoms with Crippen LogP contribution >= 0.6 is 0 Å². The zero-order valence-corrected chi connectivity index (χ0v) is 14.1. The molecule has 1 aliphatic carbocycles. The van der Waals surface area contributed by atoms with Crippen molar-refractivity contribution >= 4 is 0 Å². The standard InChI is InChI=1S/C20H33N/c1-4-18(5-2)20(19-12-7-6-8-13-19)21-15-17-11-9-10-16(3)14-17/h6-8,12-13,16-18,20-21H,4-5,9-11,14-15H2,1-3H3. The topological polar surface area (TPSA) is 12.0 Å². The van der Waals surface area contributed by atoms with E-state index >= 15 is 0 Å². The summed E-state index contributed by atoms with van der Waals surface area (Å²) in [5, 5.41) is 3.93. The molecule has 1 N–H and O–H groups in total. The van der Waals surface area contributed by atoms with Gasteiger partial charge in [-0.1, -0.05) is 76.8 Å². The Labute approximate surface area is 131 Å². The molecular weight excluding hydrogens is 254 g/mol. The third kappa shape index (κ3) is 4.85. The third-order valence-corrected chi connectivity index (χ3v) is 5.35. The van der Waals surface area contributed by atoms with E-state index < -0.39 is 0 Å². The first-order valence-corrected chi connectivity index (χ1v) is 9.02. The Morgan fingerprint density at radius 2 is 1.81 bits per heavy atom. The van der Waals surface area contributed by atoms with E-state index in [4.69, 9.17) is 0 Å². The molecule has 0 aliphatic heterocycles. The number of benzene rings is 1. The quantitative estimate of drug-likeness (QED) is 0.690. The molecule has 0 bridgehead atoms. The summed E-state index contributed by atoms with van der Waals surface area (Å²) in [6, 6.07) is 11.6. The molecular formula is C20H33N. The second-order valence-electron chi connectivity index (χ2n) is 7.01. The van der Waals surface area contributed by atoms with Gasteiger partial charge in [0, 0.05) is 6.04 Å². The first-order chi connectivity index (χ1) is 10.2. The van der Waals surface area contributed by atoms with Gasteiger partial charge in [-0.05, 0) is 42.7 Å². The van der Waals surface area contributed by atoms with Crippen LogP contribution in [-0.2, 0) is 0 Å². The summed E-state index contributed by atoms with van der Waals surface area (Å²) in [4.78, 5) is 0. The zero-order valence-electron chi connectivity index (χ0n) is 14.1. The predicted octanol–water partition coefficient (Wildman–Crippen LogP) is 5.58. The first kappa shape index (κ1) is 16.5. The maximum atomic E-state index is 3.93. The van der Waals surface area contributed by atoms with Gasteiger partial charge >= 0.3 is 0 Å². The molecule has 0 saturated heterocycles.